The van der Waals surface area contributed by atoms with Crippen LogP contribution in [0.2, 0.25) is 0 Å². The molecule has 1 atom stereocenters. The molecule has 102 valence electrons. The summed E-state index contributed by atoms with van der Waals surface area (Å²) in [6.07, 6.45) is 1.82. The molecule has 0 bridgehead atoms. The summed E-state index contributed by atoms with van der Waals surface area (Å²) in [5.41, 5.74) is 5.25. The second-order valence-electron chi connectivity index (χ2n) is 4.62. The molecular weight excluding hydrogens is 233 g/mol. The first kappa shape index (κ1) is 14.9. The average Bonchev–Trinajstić information content (AvgIpc) is 2.39. The van der Waals surface area contributed by atoms with Crippen molar-refractivity contribution in [3.8, 4) is 5.75 Å². The van der Waals surface area contributed by atoms with Gasteiger partial charge in [-0.15, -0.1) is 0 Å². The molecule has 1 rings (SSSR count). The third kappa shape index (κ3) is 3.96. The Morgan fingerprint density at radius 3 is 2.78 bits per heavy atom. The molecule has 0 saturated heterocycles. The van der Waals surface area contributed by atoms with Crippen LogP contribution in [0.4, 0.5) is 4.39 Å². The van der Waals surface area contributed by atoms with E-state index in [0.717, 1.165) is 0 Å². The van der Waals surface area contributed by atoms with Crippen LogP contribution in [0.15, 0.2) is 18.2 Å². The molecule has 18 heavy (non-hydrogen) atoms. The van der Waals surface area contributed by atoms with Crippen LogP contribution in [0.3, 0.4) is 0 Å². The second-order valence-corrected chi connectivity index (χ2v) is 4.62. The Labute approximate surface area is 108 Å². The zero-order chi connectivity index (χ0) is 13.6. The van der Waals surface area contributed by atoms with Crippen molar-refractivity contribution < 1.29 is 14.2 Å². The number of halogens is 1. The minimum atomic E-state index is -0.825. The van der Waals surface area contributed by atoms with E-state index >= 15 is 0 Å². The highest BCUT2D eigenvalue weighted by molar-refractivity contribution is 5.29. The van der Waals surface area contributed by atoms with Gasteiger partial charge in [0.1, 0.15) is 0 Å². The standard InChI is InChI=1S/C14H22FNO2/c1-3-14(17,10-16)8-5-9-18-12-7-4-6-11(2)13(12)15/h4,6-7,17H,3,5,8-10,16H2,1-2H3. The predicted octanol–water partition coefficient (Wildman–Crippen LogP) is 2.39. The molecule has 0 spiro atoms. The van der Waals surface area contributed by atoms with E-state index in [-0.39, 0.29) is 18.1 Å². The Hall–Kier alpha value is -1.13. The average molecular weight is 255 g/mol. The highest BCUT2D eigenvalue weighted by Gasteiger charge is 2.21. The Kier molecular flexibility index (Phi) is 5.56. The summed E-state index contributed by atoms with van der Waals surface area (Å²) >= 11 is 0. The summed E-state index contributed by atoms with van der Waals surface area (Å²) in [6, 6.07) is 5.07. The summed E-state index contributed by atoms with van der Waals surface area (Å²) in [7, 11) is 0. The summed E-state index contributed by atoms with van der Waals surface area (Å²) in [5.74, 6) is -0.0511. The second kappa shape index (κ2) is 6.71. The van der Waals surface area contributed by atoms with Crippen molar-refractivity contribution in [2.24, 2.45) is 5.73 Å². The largest absolute Gasteiger partial charge is 0.491 e. The topological polar surface area (TPSA) is 55.5 Å². The lowest BCUT2D eigenvalue weighted by Gasteiger charge is -2.24. The van der Waals surface area contributed by atoms with Crippen LogP contribution in [0, 0.1) is 12.7 Å². The smallest absolute Gasteiger partial charge is 0.167 e. The monoisotopic (exact) mass is 255 g/mol. The van der Waals surface area contributed by atoms with Crippen molar-refractivity contribution in [1.82, 2.24) is 0 Å². The number of aliphatic hydroxyl groups is 1. The molecule has 1 unspecified atom stereocenters. The molecule has 0 radical (unpaired) electrons. The zero-order valence-electron chi connectivity index (χ0n) is 11.1. The van der Waals surface area contributed by atoms with Gasteiger partial charge in [0.15, 0.2) is 11.6 Å². The summed E-state index contributed by atoms with van der Waals surface area (Å²) in [4.78, 5) is 0. The van der Waals surface area contributed by atoms with E-state index in [1.807, 2.05) is 6.92 Å². The lowest BCUT2D eigenvalue weighted by molar-refractivity contribution is 0.0307. The quantitative estimate of drug-likeness (QED) is 0.736. The van der Waals surface area contributed by atoms with E-state index in [2.05, 4.69) is 0 Å². The molecule has 0 aliphatic heterocycles. The van der Waals surface area contributed by atoms with E-state index in [0.29, 0.717) is 31.4 Å². The van der Waals surface area contributed by atoms with Gasteiger partial charge < -0.3 is 15.6 Å². The molecule has 0 heterocycles. The van der Waals surface area contributed by atoms with E-state index < -0.39 is 5.60 Å². The maximum atomic E-state index is 13.6. The maximum absolute atomic E-state index is 13.6. The summed E-state index contributed by atoms with van der Waals surface area (Å²) < 4.78 is 19.0. The lowest BCUT2D eigenvalue weighted by Crippen LogP contribution is -2.37. The normalized spacial score (nSPS) is 14.3. The highest BCUT2D eigenvalue weighted by Crippen LogP contribution is 2.21. The first-order valence-corrected chi connectivity index (χ1v) is 6.33. The third-order valence-corrected chi connectivity index (χ3v) is 3.24. The summed E-state index contributed by atoms with van der Waals surface area (Å²) in [5, 5.41) is 9.97. The Bertz CT molecular complexity index is 378. The molecule has 1 aromatic carbocycles. The third-order valence-electron chi connectivity index (χ3n) is 3.24. The fourth-order valence-electron chi connectivity index (χ4n) is 1.74. The van der Waals surface area contributed by atoms with Crippen molar-refractivity contribution >= 4 is 0 Å². The van der Waals surface area contributed by atoms with E-state index in [9.17, 15) is 9.50 Å². The lowest BCUT2D eigenvalue weighted by atomic mass is 9.95. The van der Waals surface area contributed by atoms with Crippen LogP contribution in [0.1, 0.15) is 31.7 Å². The van der Waals surface area contributed by atoms with Gasteiger partial charge in [0.25, 0.3) is 0 Å². The first-order valence-electron chi connectivity index (χ1n) is 6.33. The Balaban J connectivity index is 2.41. The molecular formula is C14H22FNO2. The van der Waals surface area contributed by atoms with Crippen molar-refractivity contribution in [1.29, 1.82) is 0 Å². The van der Waals surface area contributed by atoms with Gasteiger partial charge in [0.2, 0.25) is 0 Å². The van der Waals surface area contributed by atoms with Crippen LogP contribution in [-0.4, -0.2) is 23.9 Å². The van der Waals surface area contributed by atoms with Gasteiger partial charge in [-0.3, -0.25) is 0 Å². The molecule has 0 aliphatic rings. The van der Waals surface area contributed by atoms with Gasteiger partial charge in [-0.25, -0.2) is 4.39 Å². The van der Waals surface area contributed by atoms with Crippen molar-refractivity contribution in [3.05, 3.63) is 29.6 Å². The van der Waals surface area contributed by atoms with Gasteiger partial charge in [0.05, 0.1) is 12.2 Å². The van der Waals surface area contributed by atoms with E-state index in [4.69, 9.17) is 10.5 Å². The highest BCUT2D eigenvalue weighted by atomic mass is 19.1. The predicted molar refractivity (Wildman–Crippen MR) is 70.2 cm³/mol. The fourth-order valence-corrected chi connectivity index (χ4v) is 1.74. The van der Waals surface area contributed by atoms with Crippen molar-refractivity contribution in [3.63, 3.8) is 0 Å². The van der Waals surface area contributed by atoms with Crippen LogP contribution in [0.25, 0.3) is 0 Å². The van der Waals surface area contributed by atoms with E-state index in [1.165, 1.54) is 0 Å². The molecule has 0 aliphatic carbocycles. The molecule has 0 fully saturated rings. The van der Waals surface area contributed by atoms with Gasteiger partial charge >= 0.3 is 0 Å². The van der Waals surface area contributed by atoms with E-state index in [1.54, 1.807) is 25.1 Å². The molecule has 0 saturated carbocycles. The van der Waals surface area contributed by atoms with Gasteiger partial charge in [-0.1, -0.05) is 19.1 Å². The zero-order valence-corrected chi connectivity index (χ0v) is 11.1. The van der Waals surface area contributed by atoms with Crippen molar-refractivity contribution in [2.45, 2.75) is 38.7 Å². The summed E-state index contributed by atoms with van der Waals surface area (Å²) in [6.45, 7) is 4.21. The molecule has 0 amide bonds. The molecule has 4 heteroatoms. The van der Waals surface area contributed by atoms with Crippen LogP contribution in [0.5, 0.6) is 5.75 Å². The molecule has 3 nitrogen and oxygen atoms in total. The van der Waals surface area contributed by atoms with Crippen molar-refractivity contribution in [2.75, 3.05) is 13.2 Å². The minimum absolute atomic E-state index is 0.238. The van der Waals surface area contributed by atoms with Gasteiger partial charge in [-0.2, -0.15) is 0 Å². The SMILES string of the molecule is CCC(O)(CN)CCCOc1cccc(C)c1F. The number of hydrogen-bond donors (Lipinski definition) is 2. The number of nitrogens with two attached hydrogens (primary N) is 1. The number of hydrogen-bond acceptors (Lipinski definition) is 3. The Morgan fingerprint density at radius 2 is 2.17 bits per heavy atom. The van der Waals surface area contributed by atoms with Crippen LogP contribution >= 0.6 is 0 Å². The van der Waals surface area contributed by atoms with Crippen LogP contribution in [-0.2, 0) is 0 Å². The number of rotatable bonds is 7. The number of ether oxygens (including phenoxy) is 1. The van der Waals surface area contributed by atoms with Gasteiger partial charge in [0, 0.05) is 6.54 Å². The molecule has 0 aromatic heterocycles. The maximum Gasteiger partial charge on any atom is 0.167 e. The first-order chi connectivity index (χ1) is 8.52. The Morgan fingerprint density at radius 1 is 1.44 bits per heavy atom. The van der Waals surface area contributed by atoms with Crippen LogP contribution < -0.4 is 10.5 Å². The van der Waals surface area contributed by atoms with Gasteiger partial charge in [-0.05, 0) is 37.8 Å². The molecule has 3 N–H and O–H groups in total. The number of benzene rings is 1. The minimum Gasteiger partial charge on any atom is -0.491 e. The number of aryl methyl sites for hydroxylation is 1. The fraction of sp³-hybridized carbons (Fsp3) is 0.571. The molecule has 1 aromatic rings.